The van der Waals surface area contributed by atoms with Gasteiger partial charge in [-0.15, -0.1) is 0 Å². The fourth-order valence-corrected chi connectivity index (χ4v) is 7.17. The van der Waals surface area contributed by atoms with Crippen molar-refractivity contribution in [2.24, 2.45) is 9.86 Å². The Morgan fingerprint density at radius 2 is 1.27 bits per heavy atom. The number of hydrogen-bond acceptors (Lipinski definition) is 4. The van der Waals surface area contributed by atoms with Gasteiger partial charge in [0.1, 0.15) is 5.70 Å². The summed E-state index contributed by atoms with van der Waals surface area (Å²) < 4.78 is 10.2. The summed E-state index contributed by atoms with van der Waals surface area (Å²) in [5.41, 5.74) is 9.08. The van der Waals surface area contributed by atoms with E-state index in [4.69, 9.17) is 26.6 Å². The van der Waals surface area contributed by atoms with Crippen molar-refractivity contribution >= 4 is 40.5 Å². The van der Waals surface area contributed by atoms with E-state index in [2.05, 4.69) is 10.0 Å². The number of halogens is 1. The monoisotopic (exact) mass is 434 g/mol. The van der Waals surface area contributed by atoms with Gasteiger partial charge in [0.15, 0.2) is 5.03 Å². The highest BCUT2D eigenvalue weighted by molar-refractivity contribution is 7.87. The molecule has 1 aliphatic rings. The third-order valence-electron chi connectivity index (χ3n) is 4.66. The summed E-state index contributed by atoms with van der Waals surface area (Å²) in [5, 5.41) is 6.34. The lowest BCUT2D eigenvalue weighted by Gasteiger charge is -2.27. The van der Waals surface area contributed by atoms with Crippen LogP contribution < -0.4 is 15.9 Å². The Labute approximate surface area is 178 Å². The highest BCUT2D eigenvalue weighted by Crippen LogP contribution is 2.49. The molecule has 0 N–H and O–H groups in total. The second-order valence-corrected chi connectivity index (χ2v) is 9.80. The predicted molar refractivity (Wildman–Crippen MR) is 119 cm³/mol. The van der Waals surface area contributed by atoms with Crippen LogP contribution in [0.1, 0.15) is 0 Å². The van der Waals surface area contributed by atoms with E-state index in [1.807, 2.05) is 91.0 Å². The quantitative estimate of drug-likeness (QED) is 0.190. The number of azide groups is 1. The molecule has 0 aliphatic carbocycles. The number of carbonyl (C=O) groups is 1. The molecule has 0 bridgehead atoms. The molecule has 1 atom stereocenters. The van der Waals surface area contributed by atoms with Gasteiger partial charge in [-0.3, -0.25) is 4.74 Å². The van der Waals surface area contributed by atoms with Crippen LogP contribution in [-0.2, 0) is 9.53 Å². The number of cyclic esters (lactones) is 1. The molecule has 0 aromatic heterocycles. The fraction of sp³-hybridized carbons (Fsp3) is 0.0455. The minimum atomic E-state index is -2.66. The summed E-state index contributed by atoms with van der Waals surface area (Å²) in [6.45, 7) is 0. The van der Waals surface area contributed by atoms with Gasteiger partial charge in [0.05, 0.1) is 7.05 Å². The predicted octanol–water partition coefficient (Wildman–Crippen LogP) is 4.81. The number of ether oxygens (including phenoxy) is 1. The molecule has 1 aliphatic heterocycles. The highest BCUT2D eigenvalue weighted by Gasteiger charge is 2.36. The lowest BCUT2D eigenvalue weighted by Crippen LogP contribution is -2.26. The van der Waals surface area contributed by atoms with Crippen LogP contribution in [0.3, 0.4) is 0 Å². The molecule has 148 valence electrons. The van der Waals surface area contributed by atoms with Crippen molar-refractivity contribution in [2.45, 2.75) is 6.23 Å². The van der Waals surface area contributed by atoms with Gasteiger partial charge >= 0.3 is 5.97 Å². The molecule has 0 saturated heterocycles. The van der Waals surface area contributed by atoms with Crippen LogP contribution in [0.4, 0.5) is 0 Å². The van der Waals surface area contributed by atoms with E-state index < -0.39 is 19.3 Å². The minimum absolute atomic E-state index is 0.143. The molecule has 0 radical (unpaired) electrons. The Bertz CT molecular complexity index is 1100. The van der Waals surface area contributed by atoms with E-state index in [1.165, 1.54) is 0 Å². The van der Waals surface area contributed by atoms with Crippen LogP contribution in [-0.4, -0.2) is 12.2 Å². The van der Waals surface area contributed by atoms with Gasteiger partial charge in [-0.05, 0) is 10.6 Å². The van der Waals surface area contributed by atoms with Crippen molar-refractivity contribution in [1.82, 2.24) is 0 Å². The summed E-state index contributed by atoms with van der Waals surface area (Å²) in [6, 6.07) is 29.5. The average Bonchev–Trinajstić information content (AvgIpc) is 3.06. The van der Waals surface area contributed by atoms with Gasteiger partial charge in [0.25, 0.3) is 0 Å². The largest absolute Gasteiger partial charge is 0.445 e. The van der Waals surface area contributed by atoms with E-state index in [0.717, 1.165) is 15.9 Å². The molecule has 4 rings (SSSR count). The zero-order valence-corrected chi connectivity index (χ0v) is 17.3. The molecule has 3 aromatic rings. The normalized spacial score (nSPS) is 16.0. The molecule has 8 heteroatoms. The van der Waals surface area contributed by atoms with E-state index >= 15 is 0 Å². The molecule has 0 unspecified atom stereocenters. The van der Waals surface area contributed by atoms with Gasteiger partial charge in [-0.2, -0.15) is 0 Å². The Morgan fingerprint density at radius 3 is 1.67 bits per heavy atom. The molecular formula is C22H16ClN4O2P. The zero-order valence-electron chi connectivity index (χ0n) is 15.7. The maximum absolute atomic E-state index is 12.1. The smallest absolute Gasteiger partial charge is 0.352 e. The first-order valence-electron chi connectivity index (χ1n) is 9.11. The van der Waals surface area contributed by atoms with Crippen molar-refractivity contribution in [2.75, 3.05) is 0 Å². The topological polar surface area (TPSA) is 87.4 Å². The number of benzene rings is 3. The molecular weight excluding hydrogens is 419 g/mol. The van der Waals surface area contributed by atoms with Crippen LogP contribution in [0.5, 0.6) is 0 Å². The second-order valence-electron chi connectivity index (χ2n) is 6.40. The number of esters is 1. The first-order valence-corrected chi connectivity index (χ1v) is 11.2. The van der Waals surface area contributed by atoms with Crippen LogP contribution in [0.15, 0.2) is 112 Å². The number of nitrogens with zero attached hydrogens (tertiary/aromatic N) is 4. The van der Waals surface area contributed by atoms with Crippen molar-refractivity contribution in [3.8, 4) is 0 Å². The summed E-state index contributed by atoms with van der Waals surface area (Å²) in [5.74, 6) is -0.750. The van der Waals surface area contributed by atoms with E-state index in [1.54, 1.807) is 0 Å². The molecule has 0 saturated carbocycles. The Kier molecular flexibility index (Phi) is 5.73. The van der Waals surface area contributed by atoms with Crippen LogP contribution in [0, 0.1) is 0 Å². The highest BCUT2D eigenvalue weighted by atomic mass is 35.5. The van der Waals surface area contributed by atoms with Crippen LogP contribution >= 0.6 is 18.7 Å². The van der Waals surface area contributed by atoms with E-state index in [9.17, 15) is 4.79 Å². The van der Waals surface area contributed by atoms with Gasteiger partial charge in [0.2, 0.25) is 6.23 Å². The number of rotatable bonds is 5. The Hall–Kier alpha value is -3.30. The maximum atomic E-state index is 12.1. The first kappa shape index (κ1) is 20.0. The van der Waals surface area contributed by atoms with Crippen molar-refractivity contribution in [3.05, 3.63) is 112 Å². The zero-order chi connectivity index (χ0) is 21.0. The fourth-order valence-electron chi connectivity index (χ4n) is 3.35. The summed E-state index contributed by atoms with van der Waals surface area (Å²) in [7, 11) is -2.66. The van der Waals surface area contributed by atoms with E-state index in [-0.39, 0.29) is 10.7 Å². The SMILES string of the molecule is [N-]=[N+]=N[C@@H]1OC(=O)C(Cl)=C1N=P(c1ccccc1)(c1ccccc1)c1ccccc1. The molecule has 0 fully saturated rings. The average molecular weight is 435 g/mol. The third-order valence-corrected chi connectivity index (χ3v) is 8.66. The van der Waals surface area contributed by atoms with Gasteiger partial charge in [0, 0.05) is 20.8 Å². The van der Waals surface area contributed by atoms with Crippen molar-refractivity contribution in [3.63, 3.8) is 0 Å². The molecule has 30 heavy (non-hydrogen) atoms. The van der Waals surface area contributed by atoms with Crippen molar-refractivity contribution < 1.29 is 9.53 Å². The minimum Gasteiger partial charge on any atom is -0.445 e. The van der Waals surface area contributed by atoms with Crippen LogP contribution in [0.25, 0.3) is 10.4 Å². The standard InChI is InChI=1S/C22H16ClN4O2P/c23-19-20(21(25-27-24)29-22(19)28)26-30(16-10-4-1-5-11-16,17-12-6-2-7-13-17)18-14-8-3-9-15-18/h1-15,21H/t21-/m1/s1. The number of carbonyl (C=O) groups excluding carboxylic acids is 1. The molecule has 0 amide bonds. The van der Waals surface area contributed by atoms with Gasteiger partial charge < -0.3 is 4.74 Å². The van der Waals surface area contributed by atoms with Gasteiger partial charge in [-0.1, -0.05) is 103 Å². The number of hydrogen-bond donors (Lipinski definition) is 0. The van der Waals surface area contributed by atoms with Gasteiger partial charge in [-0.25, -0.2) is 4.79 Å². The summed E-state index contributed by atoms with van der Waals surface area (Å²) >= 11 is 6.27. The molecule has 6 nitrogen and oxygen atoms in total. The Balaban J connectivity index is 2.15. The Morgan fingerprint density at radius 1 is 0.833 bits per heavy atom. The lowest BCUT2D eigenvalue weighted by atomic mass is 10.4. The van der Waals surface area contributed by atoms with Crippen LogP contribution in [0.2, 0.25) is 0 Å². The summed E-state index contributed by atoms with van der Waals surface area (Å²) in [6.07, 6.45) is -1.20. The van der Waals surface area contributed by atoms with E-state index in [0.29, 0.717) is 0 Å². The molecule has 3 aromatic carbocycles. The van der Waals surface area contributed by atoms with Crippen molar-refractivity contribution in [1.29, 1.82) is 0 Å². The molecule has 0 spiro atoms. The maximum Gasteiger partial charge on any atom is 0.352 e. The lowest BCUT2D eigenvalue weighted by molar-refractivity contribution is -0.138. The first-order chi connectivity index (χ1) is 14.7. The second kappa shape index (κ2) is 8.60. The third kappa shape index (κ3) is 3.53. The molecule has 1 heterocycles. The summed E-state index contributed by atoms with van der Waals surface area (Å²) in [4.78, 5) is 14.9.